The van der Waals surface area contributed by atoms with Crippen LogP contribution in [0, 0.1) is 13.8 Å². The Labute approximate surface area is 415 Å². The average Bonchev–Trinajstić information content (AvgIpc) is 3.73. The highest BCUT2D eigenvalue weighted by molar-refractivity contribution is 6.94. The summed E-state index contributed by atoms with van der Waals surface area (Å²) in [6, 6.07) is 57.9. The Kier molecular flexibility index (Phi) is 9.19. The number of hydrogen-bond donors (Lipinski definition) is 0. The lowest BCUT2D eigenvalue weighted by molar-refractivity contribution is 0.332. The van der Waals surface area contributed by atoms with Crippen molar-refractivity contribution in [2.45, 2.75) is 117 Å². The van der Waals surface area contributed by atoms with Crippen LogP contribution in [0.2, 0.25) is 0 Å². The van der Waals surface area contributed by atoms with Crippen molar-refractivity contribution in [3.8, 4) is 33.4 Å². The van der Waals surface area contributed by atoms with Gasteiger partial charge in [0.25, 0.3) is 0 Å². The third kappa shape index (κ3) is 6.27. The fraction of sp³-hybridized carbons (Fsp3) is 0.273. The van der Waals surface area contributed by atoms with Gasteiger partial charge in [-0.3, -0.25) is 0 Å². The van der Waals surface area contributed by atoms with Crippen molar-refractivity contribution in [3.63, 3.8) is 0 Å². The summed E-state index contributed by atoms with van der Waals surface area (Å²) in [5.41, 5.74) is 26.6. The molecule has 9 aromatic rings. The molecule has 2 aliphatic carbocycles. The van der Waals surface area contributed by atoms with E-state index in [4.69, 9.17) is 4.42 Å². The number of hydrogen-bond acceptors (Lipinski definition) is 3. The van der Waals surface area contributed by atoms with Crippen molar-refractivity contribution >= 4 is 68.1 Å². The highest BCUT2D eigenvalue weighted by Gasteiger charge is 2.49. The number of anilines is 5. The van der Waals surface area contributed by atoms with Crippen LogP contribution in [-0.2, 0) is 21.7 Å². The van der Waals surface area contributed by atoms with Crippen LogP contribution >= 0.6 is 0 Å². The zero-order chi connectivity index (χ0) is 48.2. The molecule has 0 radical (unpaired) electrons. The van der Waals surface area contributed by atoms with E-state index in [-0.39, 0.29) is 28.5 Å². The van der Waals surface area contributed by atoms with E-state index < -0.39 is 0 Å². The number of fused-ring (bicyclic) bond motifs is 10. The molecule has 0 unspecified atom stereocenters. The summed E-state index contributed by atoms with van der Waals surface area (Å²) in [6.45, 7) is 24.2. The van der Waals surface area contributed by atoms with Crippen molar-refractivity contribution in [1.29, 1.82) is 0 Å². The molecule has 0 spiro atoms. The average molecular weight is 911 g/mol. The first kappa shape index (κ1) is 43.3. The monoisotopic (exact) mass is 911 g/mol. The predicted octanol–water partition coefficient (Wildman–Crippen LogP) is 16.9. The first-order valence-corrected chi connectivity index (χ1v) is 25.8. The molecule has 4 aliphatic rings. The van der Waals surface area contributed by atoms with E-state index in [1.165, 1.54) is 124 Å². The minimum absolute atomic E-state index is 0.0179. The van der Waals surface area contributed by atoms with Crippen LogP contribution in [-0.4, -0.2) is 6.85 Å². The SMILES string of the molecule is Cc1cc2c(cc1N1B3c4ccc(-c5ccccc5)cc4N(c4cc5c(cc4C)C(C)(C)CCC5(C)C)c4c3c(cc3oc5ccccc5c43)-c3cc(-c4ccccc4)ccc31)C(C)(C)CCC2(C)C. The molecular formula is C66H63BN2O. The molecule has 3 nitrogen and oxygen atoms in total. The Bertz CT molecular complexity index is 3650. The van der Waals surface area contributed by atoms with E-state index >= 15 is 0 Å². The van der Waals surface area contributed by atoms with Crippen LogP contribution in [0.4, 0.5) is 28.4 Å². The van der Waals surface area contributed by atoms with E-state index in [2.05, 4.69) is 231 Å². The smallest absolute Gasteiger partial charge is 0.333 e. The van der Waals surface area contributed by atoms with Gasteiger partial charge in [0.1, 0.15) is 11.2 Å². The Morgan fingerprint density at radius 2 is 0.943 bits per heavy atom. The van der Waals surface area contributed by atoms with Gasteiger partial charge in [-0.15, -0.1) is 0 Å². The number of benzene rings is 8. The second-order valence-corrected chi connectivity index (χ2v) is 23.9. The Balaban J connectivity index is 1.20. The summed E-state index contributed by atoms with van der Waals surface area (Å²) < 4.78 is 7.09. The zero-order valence-electron chi connectivity index (χ0n) is 42.6. The lowest BCUT2D eigenvalue weighted by Crippen LogP contribution is -2.61. The van der Waals surface area contributed by atoms with Gasteiger partial charge in [0.2, 0.25) is 0 Å². The van der Waals surface area contributed by atoms with E-state index in [0.717, 1.165) is 29.4 Å². The van der Waals surface area contributed by atoms with Gasteiger partial charge in [-0.1, -0.05) is 165 Å². The maximum Gasteiger partial charge on any atom is 0.333 e. The minimum Gasteiger partial charge on any atom is -0.456 e. The molecule has 346 valence electrons. The fourth-order valence-corrected chi connectivity index (χ4v) is 13.3. The Morgan fingerprint density at radius 3 is 1.56 bits per heavy atom. The third-order valence-corrected chi connectivity index (χ3v) is 17.6. The molecule has 0 atom stereocenters. The molecule has 0 saturated heterocycles. The molecule has 3 heterocycles. The van der Waals surface area contributed by atoms with Gasteiger partial charge in [-0.25, -0.2) is 0 Å². The summed E-state index contributed by atoms with van der Waals surface area (Å²) in [5.74, 6) is 0. The molecular weight excluding hydrogens is 848 g/mol. The minimum atomic E-state index is -0.154. The van der Waals surface area contributed by atoms with E-state index in [0.29, 0.717) is 0 Å². The molecule has 0 amide bonds. The van der Waals surface area contributed by atoms with Crippen molar-refractivity contribution in [3.05, 3.63) is 185 Å². The number of aryl methyl sites for hydroxylation is 2. The van der Waals surface area contributed by atoms with E-state index in [1.54, 1.807) is 0 Å². The van der Waals surface area contributed by atoms with Gasteiger partial charge in [0.15, 0.2) is 0 Å². The fourth-order valence-electron chi connectivity index (χ4n) is 13.3. The maximum atomic E-state index is 7.09. The van der Waals surface area contributed by atoms with Crippen molar-refractivity contribution in [1.82, 2.24) is 0 Å². The molecule has 2 aliphatic heterocycles. The molecule has 8 aromatic carbocycles. The second-order valence-electron chi connectivity index (χ2n) is 23.9. The Hall–Kier alpha value is -6.78. The second kappa shape index (κ2) is 14.9. The Morgan fingerprint density at radius 1 is 0.429 bits per heavy atom. The van der Waals surface area contributed by atoms with Crippen LogP contribution in [0.15, 0.2) is 156 Å². The predicted molar refractivity (Wildman–Crippen MR) is 298 cm³/mol. The topological polar surface area (TPSA) is 19.6 Å². The summed E-state index contributed by atoms with van der Waals surface area (Å²) >= 11 is 0. The highest BCUT2D eigenvalue weighted by atomic mass is 16.3. The summed E-state index contributed by atoms with van der Waals surface area (Å²) in [4.78, 5) is 5.44. The van der Waals surface area contributed by atoms with Gasteiger partial charge >= 0.3 is 6.85 Å². The van der Waals surface area contributed by atoms with Crippen LogP contribution < -0.4 is 20.6 Å². The number of para-hydroxylation sites is 1. The highest BCUT2D eigenvalue weighted by Crippen LogP contribution is 2.56. The van der Waals surface area contributed by atoms with Crippen LogP contribution in [0.25, 0.3) is 55.3 Å². The molecule has 0 fully saturated rings. The van der Waals surface area contributed by atoms with Crippen LogP contribution in [0.3, 0.4) is 0 Å². The zero-order valence-corrected chi connectivity index (χ0v) is 42.6. The molecule has 13 rings (SSSR count). The van der Waals surface area contributed by atoms with Gasteiger partial charge in [-0.05, 0) is 176 Å². The summed E-state index contributed by atoms with van der Waals surface area (Å²) in [5, 5.41) is 2.31. The summed E-state index contributed by atoms with van der Waals surface area (Å²) in [7, 11) is 0. The summed E-state index contributed by atoms with van der Waals surface area (Å²) in [6.07, 6.45) is 4.65. The standard InChI is InChI=1S/C66H63BN2O/c1-40-33-49-51(65(7,8)31-29-63(49,3)4)38-55(40)68-57-36-45(43-21-15-12-16-22-43)25-27-53(57)67-61-48(37-59-60(62(61)68)46-23-17-18-24-58(46)70-59)47-35-44(42-19-13-11-14-20-42)26-28-54(47)69(67)56-39-52-50(34-41(56)2)64(5,6)30-32-66(52,9)10/h11-28,33-39H,29-32H2,1-10H3. The van der Waals surface area contributed by atoms with Crippen molar-refractivity contribution in [2.24, 2.45) is 0 Å². The normalized spacial score (nSPS) is 17.7. The first-order chi connectivity index (χ1) is 33.5. The first-order valence-electron chi connectivity index (χ1n) is 25.8. The van der Waals surface area contributed by atoms with Crippen molar-refractivity contribution in [2.75, 3.05) is 9.71 Å². The number of rotatable bonds is 4. The van der Waals surface area contributed by atoms with Gasteiger partial charge in [-0.2, -0.15) is 0 Å². The van der Waals surface area contributed by atoms with Gasteiger partial charge in [0, 0.05) is 33.7 Å². The largest absolute Gasteiger partial charge is 0.456 e. The van der Waals surface area contributed by atoms with Crippen LogP contribution in [0.1, 0.15) is 114 Å². The molecule has 70 heavy (non-hydrogen) atoms. The van der Waals surface area contributed by atoms with Crippen molar-refractivity contribution < 1.29 is 4.42 Å². The van der Waals surface area contributed by atoms with E-state index in [1.807, 2.05) is 0 Å². The maximum absolute atomic E-state index is 7.09. The number of furan rings is 1. The van der Waals surface area contributed by atoms with Gasteiger partial charge < -0.3 is 14.1 Å². The number of nitrogens with zero attached hydrogens (tertiary/aromatic N) is 2. The molecule has 4 heteroatoms. The molecule has 0 saturated carbocycles. The quantitative estimate of drug-likeness (QED) is 0.164. The van der Waals surface area contributed by atoms with Crippen LogP contribution in [0.5, 0.6) is 0 Å². The lowest BCUT2D eigenvalue weighted by Gasteiger charge is -2.48. The molecule has 1 aromatic heterocycles. The van der Waals surface area contributed by atoms with Gasteiger partial charge in [0.05, 0.1) is 11.1 Å². The third-order valence-electron chi connectivity index (χ3n) is 17.6. The van der Waals surface area contributed by atoms with E-state index in [9.17, 15) is 0 Å². The lowest BCUT2D eigenvalue weighted by atomic mass is 9.43. The molecule has 0 bridgehead atoms. The molecule has 0 N–H and O–H groups in total.